The molecule has 0 aromatic heterocycles. The molecule has 0 bridgehead atoms. The number of carbonyl (C=O) groups excluding carboxylic acids is 2. The highest BCUT2D eigenvalue weighted by Gasteiger charge is 2.26. The molecule has 10 heteroatoms. The third-order valence-corrected chi connectivity index (χ3v) is 9.23. The van der Waals surface area contributed by atoms with Gasteiger partial charge in [-0.3, -0.25) is 9.59 Å². The van der Waals surface area contributed by atoms with Gasteiger partial charge in [-0.05, 0) is 73.2 Å². The lowest BCUT2D eigenvalue weighted by molar-refractivity contribution is -0.147. The summed E-state index contributed by atoms with van der Waals surface area (Å²) in [6.45, 7) is 1.67. The van der Waals surface area contributed by atoms with Crippen LogP contribution in [0.1, 0.15) is 54.7 Å². The minimum Gasteiger partial charge on any atom is -0.474 e. The molecule has 2 N–H and O–H groups in total. The Morgan fingerprint density at radius 1 is 0.878 bits per heavy atom. The molecule has 0 radical (unpaired) electrons. The first kappa shape index (κ1) is 30.0. The molecule has 0 aliphatic heterocycles. The van der Waals surface area contributed by atoms with Gasteiger partial charge in [-0.25, -0.2) is 13.2 Å². The van der Waals surface area contributed by atoms with Crippen LogP contribution in [0.15, 0.2) is 77.7 Å². The highest BCUT2D eigenvalue weighted by atomic mass is 32.2. The maximum atomic E-state index is 13.6. The Hall–Kier alpha value is -4.02. The Morgan fingerprint density at radius 2 is 1.49 bits per heavy atom. The fourth-order valence-corrected chi connectivity index (χ4v) is 6.12. The van der Waals surface area contributed by atoms with E-state index in [-0.39, 0.29) is 17.1 Å². The molecule has 1 aliphatic carbocycles. The van der Waals surface area contributed by atoms with Crippen LogP contribution in [0.5, 0.6) is 0 Å². The van der Waals surface area contributed by atoms with E-state index < -0.39 is 34.4 Å². The van der Waals surface area contributed by atoms with Gasteiger partial charge < -0.3 is 15.3 Å². The van der Waals surface area contributed by atoms with Crippen molar-refractivity contribution in [1.29, 1.82) is 0 Å². The summed E-state index contributed by atoms with van der Waals surface area (Å²) in [4.78, 5) is 37.6. The van der Waals surface area contributed by atoms with Crippen molar-refractivity contribution >= 4 is 39.2 Å². The lowest BCUT2D eigenvalue weighted by Gasteiger charge is -2.26. The lowest BCUT2D eigenvalue weighted by Crippen LogP contribution is -2.41. The summed E-state index contributed by atoms with van der Waals surface area (Å²) in [6, 6.07) is 20.8. The quantitative estimate of drug-likeness (QED) is 0.348. The number of carboxylic acid groups (broad SMARTS) is 1. The zero-order valence-corrected chi connectivity index (χ0v) is 24.1. The molecule has 41 heavy (non-hydrogen) atoms. The molecule has 1 fully saturated rings. The maximum Gasteiger partial charge on any atom is 0.394 e. The standard InChI is InChI=1S/C31H35N3O6S/c1-22-8-18-28(19-9-22)41(39,40)33(2)21-29(35)34(27-16-14-26(15-17-27)32-30(36)31(37)38)20-23-10-12-25(13-11-23)24-6-4-3-5-7-24/h8-19,24H,3-7,20-21H2,1-2H3,(H,32,36)(H,37,38). The van der Waals surface area contributed by atoms with Crippen LogP contribution in [-0.2, 0) is 31.0 Å². The number of nitrogens with one attached hydrogen (secondary N) is 1. The second kappa shape index (κ2) is 13.1. The van der Waals surface area contributed by atoms with E-state index in [2.05, 4.69) is 17.4 Å². The van der Waals surface area contributed by atoms with Crippen molar-refractivity contribution in [2.24, 2.45) is 0 Å². The van der Waals surface area contributed by atoms with Crippen LogP contribution in [0.4, 0.5) is 11.4 Å². The molecule has 216 valence electrons. The van der Waals surface area contributed by atoms with E-state index in [9.17, 15) is 22.8 Å². The number of hydrogen-bond acceptors (Lipinski definition) is 5. The van der Waals surface area contributed by atoms with Crippen molar-refractivity contribution < 1.29 is 27.9 Å². The van der Waals surface area contributed by atoms with Crippen molar-refractivity contribution in [3.8, 4) is 0 Å². The maximum absolute atomic E-state index is 13.6. The van der Waals surface area contributed by atoms with Gasteiger partial charge >= 0.3 is 11.9 Å². The van der Waals surface area contributed by atoms with Crippen LogP contribution in [0.2, 0.25) is 0 Å². The molecule has 3 aromatic rings. The number of carboxylic acids is 1. The normalized spacial score (nSPS) is 14.0. The fourth-order valence-electron chi connectivity index (χ4n) is 5.00. The minimum atomic E-state index is -3.90. The molecular weight excluding hydrogens is 542 g/mol. The van der Waals surface area contributed by atoms with Crippen molar-refractivity contribution in [2.75, 3.05) is 23.8 Å². The molecule has 0 unspecified atom stereocenters. The zero-order chi connectivity index (χ0) is 29.6. The molecule has 9 nitrogen and oxygen atoms in total. The number of sulfonamides is 1. The SMILES string of the molecule is Cc1ccc(S(=O)(=O)N(C)CC(=O)N(Cc2ccc(C3CCCCC3)cc2)c2ccc(NC(=O)C(=O)O)cc2)cc1. The summed E-state index contributed by atoms with van der Waals surface area (Å²) in [5.74, 6) is -2.68. The van der Waals surface area contributed by atoms with Crippen LogP contribution in [0.25, 0.3) is 0 Å². The van der Waals surface area contributed by atoms with Crippen molar-refractivity contribution in [3.05, 3.63) is 89.5 Å². The summed E-state index contributed by atoms with van der Waals surface area (Å²) in [7, 11) is -2.53. The Kier molecular flexibility index (Phi) is 9.57. The van der Waals surface area contributed by atoms with E-state index >= 15 is 0 Å². The van der Waals surface area contributed by atoms with Gasteiger partial charge in [0.25, 0.3) is 0 Å². The summed E-state index contributed by atoms with van der Waals surface area (Å²) in [6.07, 6.45) is 6.10. The molecule has 0 atom stereocenters. The lowest BCUT2D eigenvalue weighted by atomic mass is 9.84. The highest BCUT2D eigenvalue weighted by molar-refractivity contribution is 7.89. The molecule has 0 saturated heterocycles. The zero-order valence-electron chi connectivity index (χ0n) is 23.2. The van der Waals surface area contributed by atoms with Gasteiger partial charge in [-0.15, -0.1) is 0 Å². The summed E-state index contributed by atoms with van der Waals surface area (Å²) in [5.41, 5.74) is 3.82. The first-order chi connectivity index (χ1) is 19.5. The number of nitrogens with zero attached hydrogens (tertiary/aromatic N) is 2. The third-order valence-electron chi connectivity index (χ3n) is 7.42. The van der Waals surface area contributed by atoms with Crippen molar-refractivity contribution in [2.45, 2.75) is 56.4 Å². The van der Waals surface area contributed by atoms with Crippen LogP contribution in [-0.4, -0.2) is 49.2 Å². The predicted octanol–water partition coefficient (Wildman–Crippen LogP) is 4.92. The molecule has 0 spiro atoms. The highest BCUT2D eigenvalue weighted by Crippen LogP contribution is 2.33. The molecule has 4 rings (SSSR count). The predicted molar refractivity (Wildman–Crippen MR) is 157 cm³/mol. The number of carbonyl (C=O) groups is 3. The Balaban J connectivity index is 1.56. The summed E-state index contributed by atoms with van der Waals surface area (Å²) in [5, 5.41) is 11.1. The first-order valence-corrected chi connectivity index (χ1v) is 15.0. The number of benzene rings is 3. The first-order valence-electron chi connectivity index (χ1n) is 13.6. The Morgan fingerprint density at radius 3 is 2.07 bits per heavy atom. The number of hydrogen-bond donors (Lipinski definition) is 2. The Labute approximate surface area is 240 Å². The average molecular weight is 578 g/mol. The van der Waals surface area contributed by atoms with Crippen LogP contribution in [0, 0.1) is 6.92 Å². The van der Waals surface area contributed by atoms with Crippen LogP contribution >= 0.6 is 0 Å². The summed E-state index contributed by atoms with van der Waals surface area (Å²) >= 11 is 0. The minimum absolute atomic E-state index is 0.0989. The monoisotopic (exact) mass is 577 g/mol. The second-order valence-corrected chi connectivity index (χ2v) is 12.5. The van der Waals surface area contributed by atoms with Gasteiger partial charge in [0.15, 0.2) is 0 Å². The number of anilines is 2. The van der Waals surface area contributed by atoms with Gasteiger partial charge in [-0.2, -0.15) is 4.31 Å². The molecule has 2 amide bonds. The van der Waals surface area contributed by atoms with Gasteiger partial charge in [0.1, 0.15) is 0 Å². The molecule has 3 aromatic carbocycles. The second-order valence-electron chi connectivity index (χ2n) is 10.4. The van der Waals surface area contributed by atoms with Crippen molar-refractivity contribution in [3.63, 3.8) is 0 Å². The van der Waals surface area contributed by atoms with E-state index in [0.29, 0.717) is 11.6 Å². The van der Waals surface area contributed by atoms with Gasteiger partial charge in [0.05, 0.1) is 18.0 Å². The number of aliphatic carboxylic acids is 1. The number of aryl methyl sites for hydroxylation is 1. The van der Waals surface area contributed by atoms with E-state index in [0.717, 1.165) is 15.4 Å². The molecule has 1 aliphatic rings. The van der Waals surface area contributed by atoms with Gasteiger partial charge in [0, 0.05) is 18.4 Å². The van der Waals surface area contributed by atoms with Gasteiger partial charge in [0.2, 0.25) is 15.9 Å². The smallest absolute Gasteiger partial charge is 0.394 e. The topological polar surface area (TPSA) is 124 Å². The van der Waals surface area contributed by atoms with Crippen LogP contribution in [0.3, 0.4) is 0 Å². The Bertz CT molecular complexity index is 1480. The third kappa shape index (κ3) is 7.59. The van der Waals surface area contributed by atoms with E-state index in [1.807, 2.05) is 19.1 Å². The van der Waals surface area contributed by atoms with E-state index in [1.165, 1.54) is 73.9 Å². The molecule has 0 heterocycles. The van der Waals surface area contributed by atoms with Crippen LogP contribution < -0.4 is 10.2 Å². The van der Waals surface area contributed by atoms with Crippen molar-refractivity contribution in [1.82, 2.24) is 4.31 Å². The molecular formula is C31H35N3O6S. The fraction of sp³-hybridized carbons (Fsp3) is 0.323. The molecule has 1 saturated carbocycles. The number of likely N-dealkylation sites (N-methyl/N-ethyl adjacent to an activating group) is 1. The van der Waals surface area contributed by atoms with Gasteiger partial charge in [-0.1, -0.05) is 61.2 Å². The average Bonchev–Trinajstić information content (AvgIpc) is 2.97. The number of rotatable bonds is 9. The van der Waals surface area contributed by atoms with E-state index in [4.69, 9.17) is 5.11 Å². The largest absolute Gasteiger partial charge is 0.474 e. The number of amides is 2. The van der Waals surface area contributed by atoms with E-state index in [1.54, 1.807) is 24.3 Å². The summed E-state index contributed by atoms with van der Waals surface area (Å²) < 4.78 is 27.3.